The molecule has 1 aromatic heterocycles. The Hall–Kier alpha value is -2.46. The fourth-order valence-electron chi connectivity index (χ4n) is 2.90. The quantitative estimate of drug-likeness (QED) is 0.593. The molecular weight excluding hydrogens is 376 g/mol. The van der Waals surface area contributed by atoms with Crippen LogP contribution in [-0.2, 0) is 23.0 Å². The molecule has 3 aromatic rings. The fourth-order valence-corrected chi connectivity index (χ4v) is 5.34. The van der Waals surface area contributed by atoms with E-state index >= 15 is 0 Å². The van der Waals surface area contributed by atoms with Crippen molar-refractivity contribution < 1.29 is 8.42 Å². The molecule has 0 fully saturated rings. The Morgan fingerprint density at radius 2 is 1.74 bits per heavy atom. The van der Waals surface area contributed by atoms with Crippen LogP contribution in [0.5, 0.6) is 0 Å². The molecule has 3 rings (SSSR count). The molecule has 2 aromatic carbocycles. The van der Waals surface area contributed by atoms with Crippen molar-refractivity contribution in [1.29, 1.82) is 5.26 Å². The lowest BCUT2D eigenvalue weighted by atomic mass is 10.1. The fraction of sp³-hybridized carbons (Fsp3) is 0.190. The van der Waals surface area contributed by atoms with Gasteiger partial charge in [-0.15, -0.1) is 11.3 Å². The zero-order chi connectivity index (χ0) is 19.3. The zero-order valence-electron chi connectivity index (χ0n) is 14.9. The Balaban J connectivity index is 1.95. The maximum absolute atomic E-state index is 13.4. The SMILES string of the molecule is CC(Cc1cccs1)N(Cc1ccccc1)S(=O)(=O)c1ccc(C#N)cc1. The van der Waals surface area contributed by atoms with E-state index in [2.05, 4.69) is 0 Å². The van der Waals surface area contributed by atoms with E-state index in [9.17, 15) is 8.42 Å². The summed E-state index contributed by atoms with van der Waals surface area (Å²) in [6.07, 6.45) is 0.653. The third-order valence-corrected chi connectivity index (χ3v) is 7.21. The van der Waals surface area contributed by atoms with Crippen molar-refractivity contribution in [3.63, 3.8) is 0 Å². The predicted octanol–water partition coefficient (Wildman–Crippen LogP) is 4.44. The van der Waals surface area contributed by atoms with Gasteiger partial charge < -0.3 is 0 Å². The number of nitrogens with zero attached hydrogens (tertiary/aromatic N) is 2. The second-order valence-electron chi connectivity index (χ2n) is 6.30. The van der Waals surface area contributed by atoms with Crippen LogP contribution in [0.25, 0.3) is 0 Å². The van der Waals surface area contributed by atoms with Gasteiger partial charge in [0.15, 0.2) is 0 Å². The highest BCUT2D eigenvalue weighted by molar-refractivity contribution is 7.89. The average molecular weight is 397 g/mol. The number of sulfonamides is 1. The van der Waals surface area contributed by atoms with Crippen molar-refractivity contribution in [2.24, 2.45) is 0 Å². The van der Waals surface area contributed by atoms with Crippen LogP contribution < -0.4 is 0 Å². The van der Waals surface area contributed by atoms with E-state index < -0.39 is 10.0 Å². The Morgan fingerprint density at radius 3 is 2.33 bits per heavy atom. The van der Waals surface area contributed by atoms with Crippen LogP contribution in [0, 0.1) is 11.3 Å². The van der Waals surface area contributed by atoms with E-state index in [1.807, 2.05) is 60.8 Å². The number of nitriles is 1. The van der Waals surface area contributed by atoms with Gasteiger partial charge in [0.05, 0.1) is 16.5 Å². The average Bonchev–Trinajstić information content (AvgIpc) is 3.19. The first kappa shape index (κ1) is 19.3. The maximum Gasteiger partial charge on any atom is 0.243 e. The molecule has 0 saturated carbocycles. The van der Waals surface area contributed by atoms with Crippen molar-refractivity contribution in [2.45, 2.75) is 30.8 Å². The number of rotatable bonds is 7. The minimum absolute atomic E-state index is 0.204. The third kappa shape index (κ3) is 4.64. The molecule has 0 N–H and O–H groups in total. The molecule has 0 spiro atoms. The molecule has 6 heteroatoms. The van der Waals surface area contributed by atoms with Crippen LogP contribution in [0.2, 0.25) is 0 Å². The van der Waals surface area contributed by atoms with E-state index in [0.29, 0.717) is 18.5 Å². The van der Waals surface area contributed by atoms with E-state index in [1.165, 1.54) is 24.3 Å². The first-order valence-corrected chi connectivity index (χ1v) is 10.9. The molecule has 4 nitrogen and oxygen atoms in total. The summed E-state index contributed by atoms with van der Waals surface area (Å²) in [7, 11) is -3.70. The van der Waals surface area contributed by atoms with Gasteiger partial charge in [-0.2, -0.15) is 9.57 Å². The molecular formula is C21H20N2O2S2. The van der Waals surface area contributed by atoms with Gasteiger partial charge in [0.25, 0.3) is 0 Å². The van der Waals surface area contributed by atoms with Crippen molar-refractivity contribution in [1.82, 2.24) is 4.31 Å². The molecule has 1 atom stereocenters. The Labute approximate surface area is 164 Å². The first-order valence-electron chi connectivity index (χ1n) is 8.59. The number of hydrogen-bond acceptors (Lipinski definition) is 4. The van der Waals surface area contributed by atoms with Gasteiger partial charge in [-0.25, -0.2) is 8.42 Å². The smallest absolute Gasteiger partial charge is 0.207 e. The van der Waals surface area contributed by atoms with Crippen molar-refractivity contribution in [3.8, 4) is 6.07 Å². The summed E-state index contributed by atoms with van der Waals surface area (Å²) in [6, 6.07) is 21.5. The first-order chi connectivity index (χ1) is 13.0. The summed E-state index contributed by atoms with van der Waals surface area (Å²) >= 11 is 1.63. The maximum atomic E-state index is 13.4. The number of benzene rings is 2. The molecule has 0 aliphatic heterocycles. The Bertz CT molecular complexity index is 1010. The van der Waals surface area contributed by atoms with Gasteiger partial charge in [0.2, 0.25) is 10.0 Å². The minimum Gasteiger partial charge on any atom is -0.207 e. The molecule has 0 bridgehead atoms. The van der Waals surface area contributed by atoms with E-state index in [0.717, 1.165) is 10.4 Å². The summed E-state index contributed by atoms with van der Waals surface area (Å²) in [4.78, 5) is 1.35. The summed E-state index contributed by atoms with van der Waals surface area (Å²) in [5, 5.41) is 11.0. The van der Waals surface area contributed by atoms with Crippen LogP contribution in [-0.4, -0.2) is 18.8 Å². The van der Waals surface area contributed by atoms with Crippen LogP contribution in [0.3, 0.4) is 0 Å². The zero-order valence-corrected chi connectivity index (χ0v) is 16.6. The molecule has 27 heavy (non-hydrogen) atoms. The van der Waals surface area contributed by atoms with Crippen molar-refractivity contribution in [2.75, 3.05) is 0 Å². The highest BCUT2D eigenvalue weighted by Gasteiger charge is 2.29. The van der Waals surface area contributed by atoms with Crippen LogP contribution in [0.4, 0.5) is 0 Å². The molecule has 0 amide bonds. The van der Waals surface area contributed by atoms with Crippen LogP contribution >= 0.6 is 11.3 Å². The summed E-state index contributed by atoms with van der Waals surface area (Å²) in [5.41, 5.74) is 1.38. The largest absolute Gasteiger partial charge is 0.243 e. The topological polar surface area (TPSA) is 61.2 Å². The van der Waals surface area contributed by atoms with Gasteiger partial charge in [0, 0.05) is 17.5 Å². The monoisotopic (exact) mass is 396 g/mol. The Morgan fingerprint density at radius 1 is 1.04 bits per heavy atom. The lowest BCUT2D eigenvalue weighted by Crippen LogP contribution is -2.39. The van der Waals surface area contributed by atoms with Crippen LogP contribution in [0.15, 0.2) is 77.0 Å². The van der Waals surface area contributed by atoms with Gasteiger partial charge in [-0.05, 0) is 54.6 Å². The van der Waals surface area contributed by atoms with E-state index in [1.54, 1.807) is 15.6 Å². The highest BCUT2D eigenvalue weighted by atomic mass is 32.2. The van der Waals surface area contributed by atoms with Gasteiger partial charge in [0.1, 0.15) is 0 Å². The minimum atomic E-state index is -3.70. The second kappa shape index (κ2) is 8.49. The highest BCUT2D eigenvalue weighted by Crippen LogP contribution is 2.24. The normalized spacial score (nSPS) is 12.6. The van der Waals surface area contributed by atoms with Crippen LogP contribution in [0.1, 0.15) is 22.9 Å². The number of hydrogen-bond donors (Lipinski definition) is 0. The molecule has 1 unspecified atom stereocenters. The molecule has 1 heterocycles. The van der Waals surface area contributed by atoms with Gasteiger partial charge in [-0.3, -0.25) is 0 Å². The summed E-state index contributed by atoms with van der Waals surface area (Å²) in [6.45, 7) is 2.24. The second-order valence-corrected chi connectivity index (χ2v) is 9.23. The summed E-state index contributed by atoms with van der Waals surface area (Å²) in [5.74, 6) is 0. The van der Waals surface area contributed by atoms with E-state index in [-0.39, 0.29) is 10.9 Å². The molecule has 0 radical (unpaired) electrons. The van der Waals surface area contributed by atoms with E-state index in [4.69, 9.17) is 5.26 Å². The van der Waals surface area contributed by atoms with Gasteiger partial charge in [-0.1, -0.05) is 36.4 Å². The number of thiophene rings is 1. The lowest BCUT2D eigenvalue weighted by molar-refractivity contribution is 0.329. The molecule has 0 aliphatic carbocycles. The third-order valence-electron chi connectivity index (χ3n) is 4.34. The molecule has 0 saturated heterocycles. The standard InChI is InChI=1S/C21H20N2O2S2/c1-17(14-20-8-5-13-26-20)23(16-19-6-3-2-4-7-19)27(24,25)21-11-9-18(15-22)10-12-21/h2-13,17H,14,16H2,1H3. The Kier molecular flexibility index (Phi) is 6.07. The summed E-state index contributed by atoms with van der Waals surface area (Å²) < 4.78 is 28.3. The van der Waals surface area contributed by atoms with Gasteiger partial charge >= 0.3 is 0 Å². The molecule has 0 aliphatic rings. The molecule has 138 valence electrons. The van der Waals surface area contributed by atoms with Crippen molar-refractivity contribution >= 4 is 21.4 Å². The van der Waals surface area contributed by atoms with Crippen molar-refractivity contribution in [3.05, 3.63) is 88.1 Å². The predicted molar refractivity (Wildman–Crippen MR) is 108 cm³/mol. The lowest BCUT2D eigenvalue weighted by Gasteiger charge is -2.28.